The summed E-state index contributed by atoms with van der Waals surface area (Å²) >= 11 is 0. The van der Waals surface area contributed by atoms with Crippen molar-refractivity contribution >= 4 is 11.5 Å². The molecule has 7 nitrogen and oxygen atoms in total. The molecule has 0 atom stereocenters. The molecule has 1 aromatic carbocycles. The first kappa shape index (κ1) is 14.7. The molecule has 7 heteroatoms. The van der Waals surface area contributed by atoms with E-state index in [2.05, 4.69) is 22.2 Å². The van der Waals surface area contributed by atoms with Gasteiger partial charge in [-0.15, -0.1) is 0 Å². The molecular weight excluding hydrogens is 272 g/mol. The second-order valence-electron chi connectivity index (χ2n) is 4.48. The number of anilines is 1. The van der Waals surface area contributed by atoms with Gasteiger partial charge in [-0.25, -0.2) is 9.97 Å². The van der Waals surface area contributed by atoms with Crippen LogP contribution in [0.15, 0.2) is 30.6 Å². The Morgan fingerprint density at radius 3 is 2.86 bits per heavy atom. The first-order valence-corrected chi connectivity index (χ1v) is 6.59. The Kier molecular flexibility index (Phi) is 4.65. The first-order chi connectivity index (χ1) is 10.1. The highest BCUT2D eigenvalue weighted by molar-refractivity contribution is 5.46. The SMILES string of the molecule is CCCNc1cc(Oc2cc([N+](=O)[O-])ccc2C)ncn1. The number of non-ortho nitro benzene ring substituents is 1. The highest BCUT2D eigenvalue weighted by Crippen LogP contribution is 2.28. The molecule has 0 bridgehead atoms. The van der Waals surface area contributed by atoms with E-state index in [1.165, 1.54) is 18.5 Å². The molecule has 21 heavy (non-hydrogen) atoms. The van der Waals surface area contributed by atoms with Crippen LogP contribution in [0.25, 0.3) is 0 Å². The normalized spacial score (nSPS) is 10.2. The van der Waals surface area contributed by atoms with Crippen molar-refractivity contribution in [2.24, 2.45) is 0 Å². The molecule has 0 fully saturated rings. The lowest BCUT2D eigenvalue weighted by molar-refractivity contribution is -0.384. The van der Waals surface area contributed by atoms with Gasteiger partial charge in [0, 0.05) is 18.7 Å². The number of hydrogen-bond donors (Lipinski definition) is 1. The van der Waals surface area contributed by atoms with Crippen LogP contribution < -0.4 is 10.1 Å². The maximum atomic E-state index is 10.8. The number of rotatable bonds is 6. The lowest BCUT2D eigenvalue weighted by atomic mass is 10.2. The summed E-state index contributed by atoms with van der Waals surface area (Å²) in [5, 5.41) is 13.9. The number of aryl methyl sites for hydroxylation is 1. The second-order valence-corrected chi connectivity index (χ2v) is 4.48. The molecule has 1 N–H and O–H groups in total. The number of ether oxygens (including phenoxy) is 1. The molecule has 2 aromatic rings. The smallest absolute Gasteiger partial charge is 0.273 e. The molecule has 0 saturated heterocycles. The summed E-state index contributed by atoms with van der Waals surface area (Å²) in [7, 11) is 0. The summed E-state index contributed by atoms with van der Waals surface area (Å²) in [6, 6.07) is 6.13. The van der Waals surface area contributed by atoms with Crippen LogP contribution in [0.4, 0.5) is 11.5 Å². The van der Waals surface area contributed by atoms with E-state index in [1.807, 2.05) is 6.92 Å². The van der Waals surface area contributed by atoms with Crippen LogP contribution in [0.2, 0.25) is 0 Å². The zero-order valence-electron chi connectivity index (χ0n) is 11.9. The van der Waals surface area contributed by atoms with E-state index in [0.717, 1.165) is 18.5 Å². The number of hydrogen-bond acceptors (Lipinski definition) is 6. The van der Waals surface area contributed by atoms with Crippen molar-refractivity contribution in [2.45, 2.75) is 20.3 Å². The highest BCUT2D eigenvalue weighted by Gasteiger charge is 2.11. The molecule has 110 valence electrons. The van der Waals surface area contributed by atoms with Crippen molar-refractivity contribution in [2.75, 3.05) is 11.9 Å². The fraction of sp³-hybridized carbons (Fsp3) is 0.286. The van der Waals surface area contributed by atoms with Crippen LogP contribution in [-0.2, 0) is 0 Å². The van der Waals surface area contributed by atoms with Crippen molar-refractivity contribution in [3.8, 4) is 11.6 Å². The number of nitro benzene ring substituents is 1. The largest absolute Gasteiger partial charge is 0.438 e. The molecule has 1 aromatic heterocycles. The van der Waals surface area contributed by atoms with E-state index in [0.29, 0.717) is 17.4 Å². The molecule has 1 heterocycles. The Labute approximate surface area is 122 Å². The van der Waals surface area contributed by atoms with Crippen molar-refractivity contribution in [1.29, 1.82) is 0 Å². The molecule has 0 radical (unpaired) electrons. The van der Waals surface area contributed by atoms with Gasteiger partial charge in [-0.3, -0.25) is 10.1 Å². The summed E-state index contributed by atoms with van der Waals surface area (Å²) in [6.07, 6.45) is 2.37. The molecular formula is C14H16N4O3. The molecule has 0 saturated carbocycles. The minimum Gasteiger partial charge on any atom is -0.438 e. The number of nitro groups is 1. The number of benzene rings is 1. The van der Waals surface area contributed by atoms with Crippen LogP contribution in [0, 0.1) is 17.0 Å². The van der Waals surface area contributed by atoms with E-state index < -0.39 is 4.92 Å². The second kappa shape index (κ2) is 6.65. The van der Waals surface area contributed by atoms with Gasteiger partial charge in [-0.05, 0) is 25.0 Å². The minimum absolute atomic E-state index is 0.0195. The highest BCUT2D eigenvalue weighted by atomic mass is 16.6. The van der Waals surface area contributed by atoms with Gasteiger partial charge in [0.05, 0.1) is 11.0 Å². The third-order valence-electron chi connectivity index (χ3n) is 2.80. The molecule has 0 aliphatic carbocycles. The Morgan fingerprint density at radius 1 is 1.33 bits per heavy atom. The van der Waals surface area contributed by atoms with Gasteiger partial charge in [0.15, 0.2) is 0 Å². The zero-order valence-corrected chi connectivity index (χ0v) is 11.9. The van der Waals surface area contributed by atoms with Crippen LogP contribution in [-0.4, -0.2) is 21.4 Å². The van der Waals surface area contributed by atoms with E-state index in [1.54, 1.807) is 12.1 Å². The predicted molar refractivity (Wildman–Crippen MR) is 78.7 cm³/mol. The minimum atomic E-state index is -0.458. The van der Waals surface area contributed by atoms with E-state index in [9.17, 15) is 10.1 Å². The zero-order chi connectivity index (χ0) is 15.2. The van der Waals surface area contributed by atoms with E-state index >= 15 is 0 Å². The lowest BCUT2D eigenvalue weighted by Gasteiger charge is -2.09. The first-order valence-electron chi connectivity index (χ1n) is 6.59. The van der Waals surface area contributed by atoms with Crippen molar-refractivity contribution in [1.82, 2.24) is 9.97 Å². The van der Waals surface area contributed by atoms with E-state index in [4.69, 9.17) is 4.74 Å². The predicted octanol–water partition coefficient (Wildman–Crippen LogP) is 3.31. The number of nitrogens with zero attached hydrogens (tertiary/aromatic N) is 3. The maximum Gasteiger partial charge on any atom is 0.273 e. The molecule has 0 aliphatic rings. The van der Waals surface area contributed by atoms with Crippen molar-refractivity contribution in [3.05, 3.63) is 46.3 Å². The third-order valence-corrected chi connectivity index (χ3v) is 2.80. The molecule has 0 unspecified atom stereocenters. The average Bonchev–Trinajstić information content (AvgIpc) is 2.47. The van der Waals surface area contributed by atoms with Crippen molar-refractivity contribution in [3.63, 3.8) is 0 Å². The summed E-state index contributed by atoms with van der Waals surface area (Å²) in [4.78, 5) is 18.4. The van der Waals surface area contributed by atoms with Crippen molar-refractivity contribution < 1.29 is 9.66 Å². The molecule has 0 aliphatic heterocycles. The van der Waals surface area contributed by atoms with Gasteiger partial charge in [0.25, 0.3) is 5.69 Å². The third kappa shape index (κ3) is 3.88. The summed E-state index contributed by atoms with van der Waals surface area (Å²) in [6.45, 7) is 4.67. The fourth-order valence-corrected chi connectivity index (χ4v) is 1.67. The Bertz CT molecular complexity index is 646. The van der Waals surface area contributed by atoms with Crippen LogP contribution in [0.3, 0.4) is 0 Å². The van der Waals surface area contributed by atoms with Crippen LogP contribution in [0.5, 0.6) is 11.6 Å². The van der Waals surface area contributed by atoms with Crippen LogP contribution in [0.1, 0.15) is 18.9 Å². The lowest BCUT2D eigenvalue weighted by Crippen LogP contribution is -2.02. The van der Waals surface area contributed by atoms with Gasteiger partial charge in [-0.1, -0.05) is 6.92 Å². The number of aromatic nitrogens is 2. The van der Waals surface area contributed by atoms with Gasteiger partial charge < -0.3 is 10.1 Å². The Morgan fingerprint density at radius 2 is 2.14 bits per heavy atom. The summed E-state index contributed by atoms with van der Waals surface area (Å²) in [5.41, 5.74) is 0.774. The maximum absolute atomic E-state index is 10.8. The molecule has 0 spiro atoms. The summed E-state index contributed by atoms with van der Waals surface area (Å²) < 4.78 is 5.63. The quantitative estimate of drug-likeness (QED) is 0.647. The molecule has 2 rings (SSSR count). The van der Waals surface area contributed by atoms with Gasteiger partial charge in [0.1, 0.15) is 17.9 Å². The standard InChI is InChI=1S/C14H16N4O3/c1-3-6-15-13-8-14(17-9-16-13)21-12-7-11(18(19)20)5-4-10(12)2/h4-5,7-9H,3,6H2,1-2H3,(H,15,16,17). The monoisotopic (exact) mass is 288 g/mol. The van der Waals surface area contributed by atoms with Crippen LogP contribution >= 0.6 is 0 Å². The fourth-order valence-electron chi connectivity index (χ4n) is 1.67. The Balaban J connectivity index is 2.21. The summed E-state index contributed by atoms with van der Waals surface area (Å²) in [5.74, 6) is 1.40. The van der Waals surface area contributed by atoms with Gasteiger partial charge in [0.2, 0.25) is 5.88 Å². The molecule has 0 amide bonds. The van der Waals surface area contributed by atoms with Gasteiger partial charge in [-0.2, -0.15) is 0 Å². The Hall–Kier alpha value is -2.70. The van der Waals surface area contributed by atoms with Gasteiger partial charge >= 0.3 is 0 Å². The average molecular weight is 288 g/mol. The number of nitrogens with one attached hydrogen (secondary N) is 1. The topological polar surface area (TPSA) is 90.2 Å². The van der Waals surface area contributed by atoms with E-state index in [-0.39, 0.29) is 5.69 Å².